The van der Waals surface area contributed by atoms with Gasteiger partial charge in [0.2, 0.25) is 21.8 Å². The number of halogens is 1. The molecule has 4 rings (SSSR count). The molecule has 0 radical (unpaired) electrons. The minimum Gasteiger partial charge on any atom is -0.395 e. The van der Waals surface area contributed by atoms with Crippen LogP contribution in [0.4, 0.5) is 0 Å². The largest absolute Gasteiger partial charge is 0.395 e. The molecule has 2 aliphatic rings. The molecule has 2 atom stereocenters. The van der Waals surface area contributed by atoms with Crippen molar-refractivity contribution in [1.82, 2.24) is 14.5 Å². The van der Waals surface area contributed by atoms with E-state index in [-0.39, 0.29) is 36.9 Å². The second-order valence-electron chi connectivity index (χ2n) is 8.77. The average Bonchev–Trinajstić information content (AvgIpc) is 3.54. The average molecular weight is 494 g/mol. The summed E-state index contributed by atoms with van der Waals surface area (Å²) in [7, 11) is -3.94. The first-order valence-corrected chi connectivity index (χ1v) is 13.0. The Morgan fingerprint density at radius 1 is 1.21 bits per heavy atom. The van der Waals surface area contributed by atoms with Gasteiger partial charge in [-0.25, -0.2) is 8.42 Å². The number of carbonyl (C=O) groups excluding carboxylic acids is 2. The number of likely N-dealkylation sites (tertiary alicyclic amines) is 1. The van der Waals surface area contributed by atoms with Crippen LogP contribution in [0.5, 0.6) is 0 Å². The van der Waals surface area contributed by atoms with Crippen molar-refractivity contribution in [2.24, 2.45) is 5.92 Å². The Hall–Kier alpha value is -2.20. The predicted molar refractivity (Wildman–Crippen MR) is 125 cm³/mol. The van der Waals surface area contributed by atoms with Gasteiger partial charge in [0.05, 0.1) is 11.5 Å². The lowest BCUT2D eigenvalue weighted by Crippen LogP contribution is -2.51. The van der Waals surface area contributed by atoms with Gasteiger partial charge in [0.15, 0.2) is 0 Å². The molecular weight excluding hydrogens is 466 g/mol. The van der Waals surface area contributed by atoms with E-state index in [1.807, 2.05) is 0 Å². The lowest BCUT2D eigenvalue weighted by molar-refractivity contribution is -0.143. The first-order chi connectivity index (χ1) is 15.7. The van der Waals surface area contributed by atoms with Crippen LogP contribution in [0.1, 0.15) is 26.2 Å². The van der Waals surface area contributed by atoms with E-state index in [0.29, 0.717) is 17.5 Å². The van der Waals surface area contributed by atoms with Crippen LogP contribution in [0, 0.1) is 5.92 Å². The molecule has 1 saturated carbocycles. The zero-order valence-corrected chi connectivity index (χ0v) is 20.0. The number of benzene rings is 2. The molecule has 1 aliphatic heterocycles. The minimum absolute atomic E-state index is 0.0613. The molecule has 2 aromatic rings. The number of aliphatic hydroxyl groups is 1. The van der Waals surface area contributed by atoms with Crippen LogP contribution in [0.2, 0.25) is 5.02 Å². The molecule has 1 heterocycles. The summed E-state index contributed by atoms with van der Waals surface area (Å²) in [6.07, 6.45) is 2.41. The van der Waals surface area contributed by atoms with E-state index in [1.165, 1.54) is 11.0 Å². The Bertz CT molecular complexity index is 1170. The number of carbonyl (C=O) groups is 2. The van der Waals surface area contributed by atoms with Crippen molar-refractivity contribution in [3.05, 3.63) is 41.4 Å². The maximum absolute atomic E-state index is 13.0. The van der Waals surface area contributed by atoms with Gasteiger partial charge >= 0.3 is 0 Å². The van der Waals surface area contributed by atoms with Crippen molar-refractivity contribution >= 4 is 44.2 Å². The quantitative estimate of drug-likeness (QED) is 0.555. The molecule has 1 saturated heterocycles. The van der Waals surface area contributed by atoms with Gasteiger partial charge in [0, 0.05) is 24.7 Å². The molecule has 0 bridgehead atoms. The highest BCUT2D eigenvalue weighted by Crippen LogP contribution is 2.30. The fourth-order valence-electron chi connectivity index (χ4n) is 4.23. The van der Waals surface area contributed by atoms with Gasteiger partial charge in [-0.05, 0) is 67.1 Å². The van der Waals surface area contributed by atoms with Gasteiger partial charge in [-0.1, -0.05) is 23.7 Å². The third-order valence-corrected chi connectivity index (χ3v) is 8.01. The fourth-order valence-corrected chi connectivity index (χ4v) is 5.67. The van der Waals surface area contributed by atoms with Gasteiger partial charge in [-0.3, -0.25) is 9.59 Å². The predicted octanol–water partition coefficient (Wildman–Crippen LogP) is 1.99. The van der Waals surface area contributed by atoms with Gasteiger partial charge in [0.1, 0.15) is 12.1 Å². The first-order valence-electron chi connectivity index (χ1n) is 11.1. The van der Waals surface area contributed by atoms with Crippen molar-refractivity contribution < 1.29 is 23.1 Å². The van der Waals surface area contributed by atoms with Crippen molar-refractivity contribution in [3.8, 4) is 0 Å². The van der Waals surface area contributed by atoms with E-state index in [2.05, 4.69) is 4.72 Å². The summed E-state index contributed by atoms with van der Waals surface area (Å²) in [6, 6.07) is 8.23. The number of nitrogens with zero attached hydrogens (tertiary/aromatic N) is 2. The molecular formula is C23H28ClN3O5S. The lowest BCUT2D eigenvalue weighted by Gasteiger charge is -2.30. The van der Waals surface area contributed by atoms with Gasteiger partial charge in [-0.2, -0.15) is 4.72 Å². The number of rotatable bonds is 9. The molecule has 0 spiro atoms. The van der Waals surface area contributed by atoms with E-state index in [9.17, 15) is 23.1 Å². The van der Waals surface area contributed by atoms with Crippen molar-refractivity contribution in [1.29, 1.82) is 0 Å². The van der Waals surface area contributed by atoms with E-state index in [1.54, 1.807) is 42.2 Å². The number of hydrogen-bond acceptors (Lipinski definition) is 5. The van der Waals surface area contributed by atoms with Crippen molar-refractivity contribution in [3.63, 3.8) is 0 Å². The molecule has 2 aromatic carbocycles. The highest BCUT2D eigenvalue weighted by molar-refractivity contribution is 7.89. The summed E-state index contributed by atoms with van der Waals surface area (Å²) in [5.41, 5.74) is 0. The van der Waals surface area contributed by atoms with E-state index in [4.69, 9.17) is 11.6 Å². The number of fused-ring (bicyclic) bond motifs is 1. The molecule has 1 aliphatic carbocycles. The van der Waals surface area contributed by atoms with Crippen LogP contribution in [0.25, 0.3) is 10.8 Å². The Morgan fingerprint density at radius 3 is 2.61 bits per heavy atom. The third-order valence-electron chi connectivity index (χ3n) is 6.30. The molecule has 2 N–H and O–H groups in total. The van der Waals surface area contributed by atoms with E-state index >= 15 is 0 Å². The maximum atomic E-state index is 13.0. The summed E-state index contributed by atoms with van der Waals surface area (Å²) < 4.78 is 28.4. The minimum atomic E-state index is -3.94. The number of aliphatic hydroxyl groups excluding tert-OH is 1. The summed E-state index contributed by atoms with van der Waals surface area (Å²) >= 11 is 5.99. The van der Waals surface area contributed by atoms with Crippen LogP contribution in [-0.2, 0) is 19.6 Å². The SMILES string of the molecule is C[C@@H](C(=O)N(CCO)CC1CC1)N1CC[C@H](NS(=O)(=O)c2ccc3cc(Cl)ccc3c2)C1=O. The molecule has 10 heteroatoms. The summed E-state index contributed by atoms with van der Waals surface area (Å²) in [4.78, 5) is 29.0. The zero-order chi connectivity index (χ0) is 23.8. The Balaban J connectivity index is 1.44. The van der Waals surface area contributed by atoms with Crippen LogP contribution < -0.4 is 4.72 Å². The normalized spacial score (nSPS) is 19.8. The van der Waals surface area contributed by atoms with Gasteiger partial charge < -0.3 is 14.9 Å². The van der Waals surface area contributed by atoms with E-state index in [0.717, 1.165) is 23.6 Å². The second kappa shape index (κ2) is 9.58. The number of amides is 2. The zero-order valence-electron chi connectivity index (χ0n) is 18.4. The van der Waals surface area contributed by atoms with Gasteiger partial charge in [0.25, 0.3) is 0 Å². The summed E-state index contributed by atoms with van der Waals surface area (Å²) in [6.45, 7) is 2.60. The third kappa shape index (κ3) is 5.32. The Kier molecular flexibility index (Phi) is 6.95. The first kappa shape index (κ1) is 23.9. The maximum Gasteiger partial charge on any atom is 0.245 e. The second-order valence-corrected chi connectivity index (χ2v) is 10.9. The summed E-state index contributed by atoms with van der Waals surface area (Å²) in [5, 5.41) is 11.4. The Labute approximate surface area is 198 Å². The van der Waals surface area contributed by atoms with E-state index < -0.39 is 28.0 Å². The lowest BCUT2D eigenvalue weighted by atomic mass is 10.1. The number of sulfonamides is 1. The number of hydrogen-bond donors (Lipinski definition) is 2. The topological polar surface area (TPSA) is 107 Å². The molecule has 178 valence electrons. The molecule has 8 nitrogen and oxygen atoms in total. The fraction of sp³-hybridized carbons (Fsp3) is 0.478. The highest BCUT2D eigenvalue weighted by Gasteiger charge is 2.40. The van der Waals surface area contributed by atoms with Crippen molar-refractivity contribution in [2.45, 2.75) is 43.2 Å². The smallest absolute Gasteiger partial charge is 0.245 e. The Morgan fingerprint density at radius 2 is 1.91 bits per heavy atom. The molecule has 33 heavy (non-hydrogen) atoms. The van der Waals surface area contributed by atoms with Crippen LogP contribution in [-0.4, -0.2) is 73.5 Å². The van der Waals surface area contributed by atoms with Crippen LogP contribution in [0.15, 0.2) is 41.3 Å². The summed E-state index contributed by atoms with van der Waals surface area (Å²) in [5.74, 6) is -0.178. The van der Waals surface area contributed by atoms with Crippen LogP contribution >= 0.6 is 11.6 Å². The molecule has 2 fully saturated rings. The molecule has 2 amide bonds. The molecule has 0 unspecified atom stereocenters. The molecule has 0 aromatic heterocycles. The highest BCUT2D eigenvalue weighted by atomic mass is 35.5. The standard InChI is InChI=1S/C23H28ClN3O5S/c1-15(22(29)26(10-11-28)14-16-2-3-16)27-9-8-21(23(27)30)25-33(31,32)20-7-5-17-12-19(24)6-4-18(17)13-20/h4-7,12-13,15-16,21,25,28H,2-3,8-11,14H2,1H3/t15-,21-/m0/s1. The van der Waals surface area contributed by atoms with Gasteiger partial charge in [-0.15, -0.1) is 0 Å². The monoisotopic (exact) mass is 493 g/mol. The van der Waals surface area contributed by atoms with Crippen LogP contribution in [0.3, 0.4) is 0 Å². The van der Waals surface area contributed by atoms with Crippen molar-refractivity contribution in [2.75, 3.05) is 26.2 Å². The number of nitrogens with one attached hydrogen (secondary N) is 1.